The Hall–Kier alpha value is -1.75. The predicted molar refractivity (Wildman–Crippen MR) is 62.9 cm³/mol. The van der Waals surface area contributed by atoms with E-state index in [1.807, 2.05) is 25.1 Å². The molecule has 2 aromatic rings. The quantitative estimate of drug-likeness (QED) is 0.807. The first kappa shape index (κ1) is 11.7. The average molecular weight is 234 g/mol. The second-order valence-electron chi connectivity index (χ2n) is 4.16. The molecule has 0 fully saturated rings. The lowest BCUT2D eigenvalue weighted by Crippen LogP contribution is -2.25. The van der Waals surface area contributed by atoms with Gasteiger partial charge in [0.25, 0.3) is 0 Å². The van der Waals surface area contributed by atoms with Gasteiger partial charge >= 0.3 is 0 Å². The summed E-state index contributed by atoms with van der Waals surface area (Å²) in [6.45, 7) is 0.649. The number of aromatic nitrogens is 3. The van der Waals surface area contributed by atoms with Crippen LogP contribution in [-0.4, -0.2) is 34.0 Å². The van der Waals surface area contributed by atoms with Crippen LogP contribution in [0.25, 0.3) is 0 Å². The van der Waals surface area contributed by atoms with Crippen molar-refractivity contribution in [3.8, 4) is 0 Å². The normalized spacial score (nSPS) is 12.9. The Kier molecular flexibility index (Phi) is 3.49. The molecule has 90 valence electrons. The Morgan fingerprint density at radius 2 is 2.24 bits per heavy atom. The molecule has 1 aromatic heterocycles. The molecule has 0 saturated carbocycles. The van der Waals surface area contributed by atoms with E-state index in [0.717, 1.165) is 5.56 Å². The summed E-state index contributed by atoms with van der Waals surface area (Å²) in [4.78, 5) is 2.04. The van der Waals surface area contributed by atoms with Crippen molar-refractivity contribution in [3.63, 3.8) is 0 Å². The van der Waals surface area contributed by atoms with Crippen LogP contribution < -0.4 is 0 Å². The second-order valence-corrected chi connectivity index (χ2v) is 4.16. The maximum atomic E-state index is 13.2. The maximum absolute atomic E-state index is 13.2. The van der Waals surface area contributed by atoms with Gasteiger partial charge in [-0.25, -0.2) is 4.39 Å². The van der Waals surface area contributed by atoms with Gasteiger partial charge in [0.05, 0.1) is 18.8 Å². The third-order valence-electron chi connectivity index (χ3n) is 2.69. The molecule has 0 saturated heterocycles. The van der Waals surface area contributed by atoms with Gasteiger partial charge in [-0.15, -0.1) is 5.10 Å². The number of hydrogen-bond donors (Lipinski definition) is 0. The molecule has 0 aliphatic rings. The third-order valence-corrected chi connectivity index (χ3v) is 2.69. The van der Waals surface area contributed by atoms with E-state index in [0.29, 0.717) is 6.54 Å². The van der Waals surface area contributed by atoms with Crippen LogP contribution in [0.5, 0.6) is 0 Å². The molecule has 0 aliphatic carbocycles. The van der Waals surface area contributed by atoms with Crippen LogP contribution in [0.3, 0.4) is 0 Å². The monoisotopic (exact) mass is 234 g/mol. The van der Waals surface area contributed by atoms with Gasteiger partial charge in [0.2, 0.25) is 0 Å². The molecule has 1 aromatic carbocycles. The summed E-state index contributed by atoms with van der Waals surface area (Å²) < 4.78 is 15.0. The standard InChI is InChI=1S/C12H15FN4/c1-16(2)12(9-17-7-6-14-15-17)10-4-3-5-11(13)8-10/h3-8,12H,9H2,1-2H3. The molecule has 1 unspecified atom stereocenters. The van der Waals surface area contributed by atoms with E-state index < -0.39 is 0 Å². The highest BCUT2D eigenvalue weighted by Gasteiger charge is 2.15. The average Bonchev–Trinajstić information content (AvgIpc) is 2.78. The number of rotatable bonds is 4. The Morgan fingerprint density at radius 3 is 2.82 bits per heavy atom. The highest BCUT2D eigenvalue weighted by molar-refractivity contribution is 5.20. The van der Waals surface area contributed by atoms with E-state index in [-0.39, 0.29) is 11.9 Å². The fourth-order valence-electron chi connectivity index (χ4n) is 1.79. The highest BCUT2D eigenvalue weighted by atomic mass is 19.1. The Labute approximate surface area is 99.7 Å². The van der Waals surface area contributed by atoms with Gasteiger partial charge in [-0.2, -0.15) is 0 Å². The summed E-state index contributed by atoms with van der Waals surface area (Å²) >= 11 is 0. The molecular formula is C12H15FN4. The molecule has 4 nitrogen and oxygen atoms in total. The van der Waals surface area contributed by atoms with Crippen LogP contribution in [-0.2, 0) is 6.54 Å². The highest BCUT2D eigenvalue weighted by Crippen LogP contribution is 2.20. The van der Waals surface area contributed by atoms with Crippen LogP contribution in [0, 0.1) is 5.82 Å². The number of nitrogens with zero attached hydrogens (tertiary/aromatic N) is 4. The van der Waals surface area contributed by atoms with Crippen molar-refractivity contribution in [2.45, 2.75) is 12.6 Å². The van der Waals surface area contributed by atoms with Crippen molar-refractivity contribution in [1.82, 2.24) is 19.9 Å². The first-order valence-electron chi connectivity index (χ1n) is 5.43. The lowest BCUT2D eigenvalue weighted by atomic mass is 10.1. The number of hydrogen-bond acceptors (Lipinski definition) is 3. The van der Waals surface area contributed by atoms with Crippen molar-refractivity contribution >= 4 is 0 Å². The Morgan fingerprint density at radius 1 is 1.41 bits per heavy atom. The molecule has 0 N–H and O–H groups in total. The van der Waals surface area contributed by atoms with Crippen molar-refractivity contribution in [2.24, 2.45) is 0 Å². The van der Waals surface area contributed by atoms with Crippen molar-refractivity contribution in [3.05, 3.63) is 48.0 Å². The predicted octanol–water partition coefficient (Wildman–Crippen LogP) is 1.72. The topological polar surface area (TPSA) is 34.0 Å². The number of benzene rings is 1. The molecule has 2 rings (SSSR count). The minimum absolute atomic E-state index is 0.0763. The van der Waals surface area contributed by atoms with Gasteiger partial charge in [-0.1, -0.05) is 17.3 Å². The van der Waals surface area contributed by atoms with Crippen LogP contribution >= 0.6 is 0 Å². The summed E-state index contributed by atoms with van der Waals surface area (Å²) in [5.41, 5.74) is 0.936. The first-order valence-corrected chi connectivity index (χ1v) is 5.43. The second kappa shape index (κ2) is 5.05. The summed E-state index contributed by atoms with van der Waals surface area (Å²) in [6.07, 6.45) is 3.44. The van der Waals surface area contributed by atoms with Crippen LogP contribution in [0.1, 0.15) is 11.6 Å². The summed E-state index contributed by atoms with van der Waals surface area (Å²) in [7, 11) is 3.93. The van der Waals surface area contributed by atoms with Crippen molar-refractivity contribution < 1.29 is 4.39 Å². The molecule has 0 bridgehead atoms. The van der Waals surface area contributed by atoms with E-state index in [9.17, 15) is 4.39 Å². The zero-order valence-corrected chi connectivity index (χ0v) is 9.92. The molecule has 0 amide bonds. The smallest absolute Gasteiger partial charge is 0.123 e. The minimum Gasteiger partial charge on any atom is -0.301 e. The van der Waals surface area contributed by atoms with E-state index in [1.165, 1.54) is 6.07 Å². The SMILES string of the molecule is CN(C)C(Cn1ccnn1)c1cccc(F)c1. The van der Waals surface area contributed by atoms with E-state index in [1.54, 1.807) is 29.2 Å². The van der Waals surface area contributed by atoms with Gasteiger partial charge in [0, 0.05) is 6.20 Å². The molecular weight excluding hydrogens is 219 g/mol. The van der Waals surface area contributed by atoms with Crippen LogP contribution in [0.2, 0.25) is 0 Å². The molecule has 0 aliphatic heterocycles. The molecule has 17 heavy (non-hydrogen) atoms. The van der Waals surface area contributed by atoms with E-state index in [4.69, 9.17) is 0 Å². The minimum atomic E-state index is -0.215. The number of halogens is 1. The lowest BCUT2D eigenvalue weighted by molar-refractivity contribution is 0.258. The first-order chi connectivity index (χ1) is 8.16. The molecule has 1 heterocycles. The van der Waals surface area contributed by atoms with Gasteiger partial charge in [-0.3, -0.25) is 4.68 Å². The number of likely N-dealkylation sites (N-methyl/N-ethyl adjacent to an activating group) is 1. The fourth-order valence-corrected chi connectivity index (χ4v) is 1.79. The zero-order valence-electron chi connectivity index (χ0n) is 9.92. The largest absolute Gasteiger partial charge is 0.301 e. The van der Waals surface area contributed by atoms with Crippen molar-refractivity contribution in [1.29, 1.82) is 0 Å². The summed E-state index contributed by atoms with van der Waals surface area (Å²) in [6, 6.07) is 6.73. The zero-order chi connectivity index (χ0) is 12.3. The maximum Gasteiger partial charge on any atom is 0.123 e. The van der Waals surface area contributed by atoms with Gasteiger partial charge in [0.1, 0.15) is 5.82 Å². The van der Waals surface area contributed by atoms with Gasteiger partial charge in [-0.05, 0) is 31.8 Å². The van der Waals surface area contributed by atoms with E-state index in [2.05, 4.69) is 10.3 Å². The summed E-state index contributed by atoms with van der Waals surface area (Å²) in [5.74, 6) is -0.215. The third kappa shape index (κ3) is 2.88. The fraction of sp³-hybridized carbons (Fsp3) is 0.333. The van der Waals surface area contributed by atoms with E-state index >= 15 is 0 Å². The Bertz CT molecular complexity index is 467. The Balaban J connectivity index is 2.23. The molecule has 0 radical (unpaired) electrons. The lowest BCUT2D eigenvalue weighted by Gasteiger charge is -2.24. The van der Waals surface area contributed by atoms with Crippen LogP contribution in [0.4, 0.5) is 4.39 Å². The molecule has 0 spiro atoms. The molecule has 1 atom stereocenters. The van der Waals surface area contributed by atoms with Gasteiger partial charge < -0.3 is 4.90 Å². The molecule has 5 heteroatoms. The van der Waals surface area contributed by atoms with Crippen LogP contribution in [0.15, 0.2) is 36.7 Å². The van der Waals surface area contributed by atoms with Crippen molar-refractivity contribution in [2.75, 3.05) is 14.1 Å². The van der Waals surface area contributed by atoms with Gasteiger partial charge in [0.15, 0.2) is 0 Å². The summed E-state index contributed by atoms with van der Waals surface area (Å²) in [5, 5.41) is 7.70.